The van der Waals surface area contributed by atoms with Gasteiger partial charge in [-0.25, -0.2) is 14.4 Å². The molecule has 2 saturated carbocycles. The molecule has 0 radical (unpaired) electrons. The monoisotopic (exact) mass is 571 g/mol. The quantitative estimate of drug-likeness (QED) is 0.219. The minimum Gasteiger partial charge on any atom is -0.497 e. The molecule has 2 fully saturated rings. The fourth-order valence-corrected chi connectivity index (χ4v) is 7.07. The first-order valence-electron chi connectivity index (χ1n) is 14.3. The predicted molar refractivity (Wildman–Crippen MR) is 156 cm³/mol. The highest BCUT2D eigenvalue weighted by Crippen LogP contribution is 2.62. The zero-order chi connectivity index (χ0) is 29.9. The summed E-state index contributed by atoms with van der Waals surface area (Å²) < 4.78 is 22.4. The second-order valence-corrected chi connectivity index (χ2v) is 11.8. The van der Waals surface area contributed by atoms with Gasteiger partial charge in [-0.3, -0.25) is 4.98 Å². The van der Waals surface area contributed by atoms with Gasteiger partial charge < -0.3 is 18.9 Å². The highest BCUT2D eigenvalue weighted by atomic mass is 16.6. The Hall–Kier alpha value is -4.20. The number of cyclic esters (lactones) is 1. The number of hydrogen-bond donors (Lipinski definition) is 0. The molecule has 2 heterocycles. The number of esters is 3. The van der Waals surface area contributed by atoms with E-state index in [9.17, 15) is 14.4 Å². The van der Waals surface area contributed by atoms with Crippen LogP contribution >= 0.6 is 0 Å². The van der Waals surface area contributed by atoms with Crippen molar-refractivity contribution in [1.29, 1.82) is 0 Å². The third-order valence-corrected chi connectivity index (χ3v) is 9.39. The number of aromatic nitrogens is 1. The van der Waals surface area contributed by atoms with Gasteiger partial charge in [0.15, 0.2) is 0 Å². The van der Waals surface area contributed by atoms with E-state index in [4.69, 9.17) is 18.9 Å². The molecule has 8 nitrogen and oxygen atoms in total. The summed E-state index contributed by atoms with van der Waals surface area (Å²) >= 11 is 0. The van der Waals surface area contributed by atoms with E-state index in [1.165, 1.54) is 6.20 Å². The molecule has 3 aliphatic rings. The standard InChI is InChI=1S/C34H37NO7/c1-22-7-14-28-33(2,27(22)13-10-24-16-19-40-30(24)36)17-15-29(42-32(38)25-6-5-18-35-20-25)34(28,3)21-41-31(37)23-8-11-26(39-4)12-9-23/h5-6,8-13,16,18,20,27-29H,1,7,14-15,17,19,21H2,2-4H3/b13-10+/t27-,28+,29-,33+,34+/m1/s1. The maximum absolute atomic E-state index is 13.2. The molecule has 2 aliphatic carbocycles. The van der Waals surface area contributed by atoms with Gasteiger partial charge in [0, 0.05) is 23.7 Å². The van der Waals surface area contributed by atoms with Gasteiger partial charge >= 0.3 is 17.9 Å². The predicted octanol–water partition coefficient (Wildman–Crippen LogP) is 5.90. The Bertz CT molecular complexity index is 1410. The van der Waals surface area contributed by atoms with Crippen LogP contribution in [-0.4, -0.2) is 49.3 Å². The average Bonchev–Trinajstić information content (AvgIpc) is 3.41. The van der Waals surface area contributed by atoms with E-state index in [1.807, 2.05) is 6.08 Å². The lowest BCUT2D eigenvalue weighted by Gasteiger charge is -2.59. The molecule has 42 heavy (non-hydrogen) atoms. The maximum Gasteiger partial charge on any atom is 0.339 e. The molecule has 5 rings (SSSR count). The SMILES string of the molecule is C=C1CC[C@@H]2[C@](C)(COC(=O)c3ccc(OC)cc3)[C@H](OC(=O)c3cccnc3)CC[C@@]2(C)[C@@H]1/C=C/C1=CCOC1=O. The van der Waals surface area contributed by atoms with Crippen molar-refractivity contribution in [3.8, 4) is 5.75 Å². The summed E-state index contributed by atoms with van der Waals surface area (Å²) in [6.07, 6.45) is 11.2. The van der Waals surface area contributed by atoms with Gasteiger partial charge in [0.1, 0.15) is 25.1 Å². The van der Waals surface area contributed by atoms with Crippen molar-refractivity contribution in [2.24, 2.45) is 22.7 Å². The molecule has 0 amide bonds. The van der Waals surface area contributed by atoms with Gasteiger partial charge in [-0.2, -0.15) is 0 Å². The smallest absolute Gasteiger partial charge is 0.339 e. The number of fused-ring (bicyclic) bond motifs is 1. The van der Waals surface area contributed by atoms with Gasteiger partial charge in [-0.05, 0) is 79.5 Å². The number of carbonyl (C=O) groups excluding carboxylic acids is 3. The maximum atomic E-state index is 13.2. The van der Waals surface area contributed by atoms with Crippen molar-refractivity contribution in [2.75, 3.05) is 20.3 Å². The summed E-state index contributed by atoms with van der Waals surface area (Å²) in [5, 5.41) is 0. The summed E-state index contributed by atoms with van der Waals surface area (Å²) in [5.41, 5.74) is 1.47. The Balaban J connectivity index is 1.44. The highest BCUT2D eigenvalue weighted by molar-refractivity contribution is 5.93. The third-order valence-electron chi connectivity index (χ3n) is 9.39. The van der Waals surface area contributed by atoms with Crippen LogP contribution in [0.4, 0.5) is 0 Å². The molecular formula is C34H37NO7. The fraction of sp³-hybridized carbons (Fsp3) is 0.412. The Kier molecular flexibility index (Phi) is 8.34. The van der Waals surface area contributed by atoms with Crippen LogP contribution in [0.1, 0.15) is 60.2 Å². The van der Waals surface area contributed by atoms with Crippen molar-refractivity contribution >= 4 is 17.9 Å². The average molecular weight is 572 g/mol. The van der Waals surface area contributed by atoms with E-state index in [2.05, 4.69) is 31.5 Å². The van der Waals surface area contributed by atoms with Gasteiger partial charge in [0.2, 0.25) is 0 Å². The zero-order valence-corrected chi connectivity index (χ0v) is 24.3. The molecule has 0 spiro atoms. The topological polar surface area (TPSA) is 101 Å². The van der Waals surface area contributed by atoms with E-state index < -0.39 is 23.5 Å². The number of benzene rings is 1. The largest absolute Gasteiger partial charge is 0.497 e. The summed E-state index contributed by atoms with van der Waals surface area (Å²) in [7, 11) is 1.57. The number of ether oxygens (including phenoxy) is 4. The molecule has 1 aromatic carbocycles. The van der Waals surface area contributed by atoms with Crippen LogP contribution in [0.15, 0.2) is 84.7 Å². The van der Waals surface area contributed by atoms with Crippen molar-refractivity contribution < 1.29 is 33.3 Å². The van der Waals surface area contributed by atoms with Gasteiger partial charge in [-0.15, -0.1) is 0 Å². The molecule has 1 aromatic heterocycles. The van der Waals surface area contributed by atoms with E-state index in [0.29, 0.717) is 28.9 Å². The summed E-state index contributed by atoms with van der Waals surface area (Å²) in [6, 6.07) is 10.1. The third kappa shape index (κ3) is 5.62. The molecule has 8 heteroatoms. The Morgan fingerprint density at radius 2 is 1.90 bits per heavy atom. The second kappa shape index (κ2) is 12.0. The first kappa shape index (κ1) is 29.3. The van der Waals surface area contributed by atoms with Crippen molar-refractivity contribution in [3.05, 3.63) is 95.9 Å². The van der Waals surface area contributed by atoms with E-state index in [1.54, 1.807) is 55.8 Å². The molecule has 5 atom stereocenters. The van der Waals surface area contributed by atoms with E-state index in [0.717, 1.165) is 24.8 Å². The fourth-order valence-electron chi connectivity index (χ4n) is 7.07. The van der Waals surface area contributed by atoms with Crippen LogP contribution in [0.3, 0.4) is 0 Å². The van der Waals surface area contributed by atoms with Crippen molar-refractivity contribution in [3.63, 3.8) is 0 Å². The van der Waals surface area contributed by atoms with E-state index >= 15 is 0 Å². The number of nitrogens with zero attached hydrogens (tertiary/aromatic N) is 1. The van der Waals surface area contributed by atoms with Crippen LogP contribution in [-0.2, 0) is 19.0 Å². The lowest BCUT2D eigenvalue weighted by Crippen LogP contribution is -2.58. The number of allylic oxidation sites excluding steroid dienone is 2. The Morgan fingerprint density at radius 1 is 1.12 bits per heavy atom. The molecule has 0 unspecified atom stereocenters. The Labute approximate surface area is 246 Å². The minimum absolute atomic E-state index is 0.0165. The van der Waals surface area contributed by atoms with E-state index in [-0.39, 0.29) is 36.4 Å². The number of hydrogen-bond acceptors (Lipinski definition) is 8. The van der Waals surface area contributed by atoms with Crippen LogP contribution in [0.2, 0.25) is 0 Å². The molecule has 0 N–H and O–H groups in total. The second-order valence-electron chi connectivity index (χ2n) is 11.8. The molecule has 1 aliphatic heterocycles. The lowest BCUT2D eigenvalue weighted by molar-refractivity contribution is -0.150. The number of pyridine rings is 1. The molecule has 220 valence electrons. The van der Waals surface area contributed by atoms with Crippen LogP contribution in [0, 0.1) is 22.7 Å². The lowest BCUT2D eigenvalue weighted by atomic mass is 9.46. The van der Waals surface area contributed by atoms with Crippen LogP contribution < -0.4 is 4.74 Å². The molecule has 0 saturated heterocycles. The number of carbonyl (C=O) groups is 3. The van der Waals surface area contributed by atoms with Crippen LogP contribution in [0.5, 0.6) is 5.75 Å². The summed E-state index contributed by atoms with van der Waals surface area (Å²) in [4.78, 5) is 42.5. The number of rotatable bonds is 8. The number of methoxy groups -OCH3 is 1. The molecule has 2 aromatic rings. The van der Waals surface area contributed by atoms with Gasteiger partial charge in [-0.1, -0.05) is 38.2 Å². The zero-order valence-electron chi connectivity index (χ0n) is 24.3. The normalized spacial score (nSPS) is 28.9. The van der Waals surface area contributed by atoms with Crippen molar-refractivity contribution in [2.45, 2.75) is 45.6 Å². The summed E-state index contributed by atoms with van der Waals surface area (Å²) in [5.74, 6) is -0.571. The minimum atomic E-state index is -0.689. The van der Waals surface area contributed by atoms with Crippen molar-refractivity contribution in [1.82, 2.24) is 4.98 Å². The first-order valence-corrected chi connectivity index (χ1v) is 14.3. The van der Waals surface area contributed by atoms with Crippen LogP contribution in [0.25, 0.3) is 0 Å². The highest BCUT2D eigenvalue weighted by Gasteiger charge is 2.59. The Morgan fingerprint density at radius 3 is 2.57 bits per heavy atom. The summed E-state index contributed by atoms with van der Waals surface area (Å²) in [6.45, 7) is 9.06. The van der Waals surface area contributed by atoms with Gasteiger partial charge in [0.05, 0.1) is 23.8 Å². The molecular weight excluding hydrogens is 534 g/mol. The molecule has 0 bridgehead atoms. The first-order chi connectivity index (χ1) is 20.2. The van der Waals surface area contributed by atoms with Gasteiger partial charge in [0.25, 0.3) is 0 Å².